The van der Waals surface area contributed by atoms with Crippen molar-refractivity contribution in [3.63, 3.8) is 0 Å². The van der Waals surface area contributed by atoms with Gasteiger partial charge in [0.15, 0.2) is 0 Å². The second kappa shape index (κ2) is 9.33. The molecule has 1 fully saturated rings. The van der Waals surface area contributed by atoms with Gasteiger partial charge in [0.2, 0.25) is 5.91 Å². The van der Waals surface area contributed by atoms with Crippen molar-refractivity contribution in [1.29, 1.82) is 0 Å². The van der Waals surface area contributed by atoms with E-state index in [-0.39, 0.29) is 17.9 Å². The zero-order valence-corrected chi connectivity index (χ0v) is 15.8. The molecule has 5 heteroatoms. The number of rotatable bonds is 6. The van der Waals surface area contributed by atoms with Crippen molar-refractivity contribution in [2.24, 2.45) is 0 Å². The number of aryl methyl sites for hydroxylation is 1. The van der Waals surface area contributed by atoms with Crippen molar-refractivity contribution in [2.45, 2.75) is 32.2 Å². The van der Waals surface area contributed by atoms with Gasteiger partial charge in [0.25, 0.3) is 5.91 Å². The first-order valence-electron chi connectivity index (χ1n) is 9.61. The van der Waals surface area contributed by atoms with Crippen LogP contribution < -0.4 is 10.6 Å². The number of carbonyl (C=O) groups excluding carboxylic acids is 2. The van der Waals surface area contributed by atoms with Gasteiger partial charge in [0, 0.05) is 30.4 Å². The van der Waals surface area contributed by atoms with Gasteiger partial charge in [0.05, 0.1) is 6.54 Å². The summed E-state index contributed by atoms with van der Waals surface area (Å²) in [5.74, 6) is -0.0201. The van der Waals surface area contributed by atoms with Crippen LogP contribution in [0.25, 0.3) is 0 Å². The highest BCUT2D eigenvalue weighted by atomic mass is 16.2. The SMILES string of the molecule is CCc1ccc(NC(=O)CN2CCC(NC(=O)c3ccccc3)CC2)cc1. The van der Waals surface area contributed by atoms with Gasteiger partial charge in [-0.1, -0.05) is 37.3 Å². The smallest absolute Gasteiger partial charge is 0.251 e. The molecule has 1 aliphatic rings. The van der Waals surface area contributed by atoms with Crippen LogP contribution in [0, 0.1) is 0 Å². The molecule has 2 N–H and O–H groups in total. The minimum atomic E-state index is -0.0256. The molecule has 0 radical (unpaired) electrons. The number of hydrogen-bond acceptors (Lipinski definition) is 3. The molecule has 1 saturated heterocycles. The predicted octanol–water partition coefficient (Wildman–Crippen LogP) is 3.08. The number of nitrogens with one attached hydrogen (secondary N) is 2. The molecule has 0 spiro atoms. The topological polar surface area (TPSA) is 61.4 Å². The van der Waals surface area contributed by atoms with Crippen molar-refractivity contribution < 1.29 is 9.59 Å². The number of anilines is 1. The first-order chi connectivity index (χ1) is 13.1. The van der Waals surface area contributed by atoms with Crippen LogP contribution in [0.15, 0.2) is 54.6 Å². The maximum Gasteiger partial charge on any atom is 0.251 e. The molecule has 142 valence electrons. The number of benzene rings is 2. The third-order valence-corrected chi connectivity index (χ3v) is 4.97. The van der Waals surface area contributed by atoms with Gasteiger partial charge in [-0.2, -0.15) is 0 Å². The molecule has 0 aromatic heterocycles. The van der Waals surface area contributed by atoms with Crippen molar-refractivity contribution in [3.8, 4) is 0 Å². The van der Waals surface area contributed by atoms with E-state index in [0.29, 0.717) is 12.1 Å². The molecule has 2 aromatic carbocycles. The molecule has 2 aromatic rings. The van der Waals surface area contributed by atoms with Crippen LogP contribution in [0.4, 0.5) is 5.69 Å². The van der Waals surface area contributed by atoms with E-state index >= 15 is 0 Å². The summed E-state index contributed by atoms with van der Waals surface area (Å²) in [6.45, 7) is 4.11. The Morgan fingerprint density at radius 1 is 1.00 bits per heavy atom. The lowest BCUT2D eigenvalue weighted by atomic mass is 10.0. The van der Waals surface area contributed by atoms with Crippen LogP contribution in [0.3, 0.4) is 0 Å². The van der Waals surface area contributed by atoms with E-state index in [4.69, 9.17) is 0 Å². The van der Waals surface area contributed by atoms with Crippen molar-refractivity contribution in [3.05, 3.63) is 65.7 Å². The number of nitrogens with zero attached hydrogens (tertiary/aromatic N) is 1. The first-order valence-corrected chi connectivity index (χ1v) is 9.61. The van der Waals surface area contributed by atoms with E-state index in [1.807, 2.05) is 54.6 Å². The van der Waals surface area contributed by atoms with Crippen molar-refractivity contribution in [1.82, 2.24) is 10.2 Å². The molecule has 0 unspecified atom stereocenters. The second-order valence-corrected chi connectivity index (χ2v) is 6.99. The van der Waals surface area contributed by atoms with Crippen LogP contribution in [-0.2, 0) is 11.2 Å². The van der Waals surface area contributed by atoms with Gasteiger partial charge in [-0.15, -0.1) is 0 Å². The third kappa shape index (κ3) is 5.66. The van der Waals surface area contributed by atoms with Gasteiger partial charge < -0.3 is 10.6 Å². The number of hydrogen-bond donors (Lipinski definition) is 2. The largest absolute Gasteiger partial charge is 0.349 e. The lowest BCUT2D eigenvalue weighted by Crippen LogP contribution is -2.46. The van der Waals surface area contributed by atoms with E-state index < -0.39 is 0 Å². The lowest BCUT2D eigenvalue weighted by molar-refractivity contribution is -0.117. The average molecular weight is 365 g/mol. The standard InChI is InChI=1S/C22H27N3O2/c1-2-17-8-10-19(11-9-17)23-21(26)16-25-14-12-20(13-15-25)24-22(27)18-6-4-3-5-7-18/h3-11,20H,2,12-16H2,1H3,(H,23,26)(H,24,27). The van der Waals surface area contributed by atoms with Crippen LogP contribution >= 0.6 is 0 Å². The molecular formula is C22H27N3O2. The Morgan fingerprint density at radius 2 is 1.67 bits per heavy atom. The number of piperidine rings is 1. The zero-order valence-electron chi connectivity index (χ0n) is 15.8. The number of amides is 2. The molecular weight excluding hydrogens is 338 g/mol. The summed E-state index contributed by atoms with van der Waals surface area (Å²) in [6.07, 6.45) is 2.71. The second-order valence-electron chi connectivity index (χ2n) is 6.99. The summed E-state index contributed by atoms with van der Waals surface area (Å²) in [4.78, 5) is 26.6. The Morgan fingerprint density at radius 3 is 2.30 bits per heavy atom. The predicted molar refractivity (Wildman–Crippen MR) is 108 cm³/mol. The Kier molecular flexibility index (Phi) is 6.60. The van der Waals surface area contributed by atoms with Crippen LogP contribution in [0.1, 0.15) is 35.7 Å². The van der Waals surface area contributed by atoms with E-state index in [0.717, 1.165) is 38.0 Å². The van der Waals surface area contributed by atoms with Crippen molar-refractivity contribution >= 4 is 17.5 Å². The highest BCUT2D eigenvalue weighted by molar-refractivity contribution is 5.94. The summed E-state index contributed by atoms with van der Waals surface area (Å²) in [7, 11) is 0. The van der Waals surface area contributed by atoms with E-state index in [9.17, 15) is 9.59 Å². The van der Waals surface area contributed by atoms with Gasteiger partial charge in [-0.3, -0.25) is 14.5 Å². The van der Waals surface area contributed by atoms with E-state index in [2.05, 4.69) is 22.5 Å². The maximum absolute atomic E-state index is 12.3. The fourth-order valence-electron chi connectivity index (χ4n) is 3.32. The summed E-state index contributed by atoms with van der Waals surface area (Å²) < 4.78 is 0. The zero-order chi connectivity index (χ0) is 19.1. The highest BCUT2D eigenvalue weighted by Crippen LogP contribution is 2.13. The van der Waals surface area contributed by atoms with E-state index in [1.54, 1.807) is 0 Å². The summed E-state index contributed by atoms with van der Waals surface area (Å²) in [6, 6.07) is 17.4. The molecule has 0 aliphatic carbocycles. The quantitative estimate of drug-likeness (QED) is 0.827. The van der Waals surface area contributed by atoms with Crippen LogP contribution in [0.5, 0.6) is 0 Å². The normalized spacial score (nSPS) is 15.3. The Balaban J connectivity index is 1.41. The number of carbonyl (C=O) groups is 2. The highest BCUT2D eigenvalue weighted by Gasteiger charge is 2.22. The summed E-state index contributed by atoms with van der Waals surface area (Å²) in [5.41, 5.74) is 2.78. The molecule has 2 amide bonds. The van der Waals surface area contributed by atoms with Crippen molar-refractivity contribution in [2.75, 3.05) is 25.0 Å². The van der Waals surface area contributed by atoms with Gasteiger partial charge >= 0.3 is 0 Å². The first kappa shape index (κ1) is 19.1. The molecule has 5 nitrogen and oxygen atoms in total. The fraction of sp³-hybridized carbons (Fsp3) is 0.364. The molecule has 0 saturated carbocycles. The van der Waals surface area contributed by atoms with Gasteiger partial charge in [-0.25, -0.2) is 0 Å². The molecule has 0 bridgehead atoms. The minimum absolute atomic E-state index is 0.00557. The summed E-state index contributed by atoms with van der Waals surface area (Å²) >= 11 is 0. The van der Waals surface area contributed by atoms with Crippen LogP contribution in [0.2, 0.25) is 0 Å². The summed E-state index contributed by atoms with van der Waals surface area (Å²) in [5, 5.41) is 6.05. The Bertz CT molecular complexity index is 751. The maximum atomic E-state index is 12.3. The molecule has 1 heterocycles. The Hall–Kier alpha value is -2.66. The lowest BCUT2D eigenvalue weighted by Gasteiger charge is -2.31. The Labute approximate surface area is 160 Å². The van der Waals surface area contributed by atoms with Crippen LogP contribution in [-0.4, -0.2) is 42.4 Å². The monoisotopic (exact) mass is 365 g/mol. The minimum Gasteiger partial charge on any atom is -0.349 e. The van der Waals surface area contributed by atoms with E-state index in [1.165, 1.54) is 5.56 Å². The number of likely N-dealkylation sites (tertiary alicyclic amines) is 1. The molecule has 0 atom stereocenters. The molecule has 1 aliphatic heterocycles. The fourth-order valence-corrected chi connectivity index (χ4v) is 3.32. The molecule has 27 heavy (non-hydrogen) atoms. The molecule has 3 rings (SSSR count). The third-order valence-electron chi connectivity index (χ3n) is 4.97. The average Bonchev–Trinajstić information content (AvgIpc) is 2.70. The van der Waals surface area contributed by atoms with Gasteiger partial charge in [0.1, 0.15) is 0 Å². The van der Waals surface area contributed by atoms with Gasteiger partial charge in [-0.05, 0) is 49.1 Å².